The van der Waals surface area contributed by atoms with E-state index in [2.05, 4.69) is 5.32 Å². The van der Waals surface area contributed by atoms with E-state index in [-0.39, 0.29) is 24.6 Å². The molecule has 0 radical (unpaired) electrons. The zero-order valence-corrected chi connectivity index (χ0v) is 11.9. The first-order valence-corrected chi connectivity index (χ1v) is 6.74. The van der Waals surface area contributed by atoms with E-state index in [1.807, 2.05) is 0 Å². The lowest BCUT2D eigenvalue weighted by Gasteiger charge is -2.09. The Bertz CT molecular complexity index is 440. The molecule has 1 aromatic rings. The van der Waals surface area contributed by atoms with E-state index in [0.29, 0.717) is 30.5 Å². The Labute approximate surface area is 118 Å². The van der Waals surface area contributed by atoms with E-state index in [1.54, 1.807) is 38.1 Å². The molecule has 0 fully saturated rings. The van der Waals surface area contributed by atoms with Crippen LogP contribution in [0.5, 0.6) is 0 Å². The topological polar surface area (TPSA) is 75.6 Å². The van der Waals surface area contributed by atoms with Crippen LogP contribution in [-0.2, 0) is 9.53 Å². The second-order valence-corrected chi connectivity index (χ2v) is 4.76. The van der Waals surface area contributed by atoms with E-state index >= 15 is 0 Å². The van der Waals surface area contributed by atoms with Crippen LogP contribution in [0.15, 0.2) is 24.3 Å². The van der Waals surface area contributed by atoms with Gasteiger partial charge in [-0.25, -0.2) is 4.79 Å². The summed E-state index contributed by atoms with van der Waals surface area (Å²) in [5.41, 5.74) is 1.09. The number of aliphatic hydroxyl groups is 1. The molecule has 20 heavy (non-hydrogen) atoms. The van der Waals surface area contributed by atoms with Crippen molar-refractivity contribution < 1.29 is 19.4 Å². The third-order valence-electron chi connectivity index (χ3n) is 2.56. The zero-order valence-electron chi connectivity index (χ0n) is 11.9. The van der Waals surface area contributed by atoms with Crippen LogP contribution in [0.3, 0.4) is 0 Å². The van der Waals surface area contributed by atoms with Crippen molar-refractivity contribution in [2.24, 2.45) is 0 Å². The van der Waals surface area contributed by atoms with Gasteiger partial charge in [-0.2, -0.15) is 0 Å². The molecule has 5 heteroatoms. The lowest BCUT2D eigenvalue weighted by molar-refractivity contribution is -0.116. The van der Waals surface area contributed by atoms with Gasteiger partial charge >= 0.3 is 5.97 Å². The number of hydrogen-bond acceptors (Lipinski definition) is 4. The molecule has 0 spiro atoms. The van der Waals surface area contributed by atoms with E-state index in [0.717, 1.165) is 0 Å². The number of nitrogens with one attached hydrogen (secondary N) is 1. The summed E-state index contributed by atoms with van der Waals surface area (Å²) >= 11 is 0. The monoisotopic (exact) mass is 279 g/mol. The van der Waals surface area contributed by atoms with Gasteiger partial charge in [0.15, 0.2) is 0 Å². The lowest BCUT2D eigenvalue weighted by atomic mass is 10.2. The van der Waals surface area contributed by atoms with Gasteiger partial charge in [-0.1, -0.05) is 0 Å². The Hall–Kier alpha value is -1.88. The molecule has 110 valence electrons. The van der Waals surface area contributed by atoms with Crippen LogP contribution >= 0.6 is 0 Å². The molecule has 1 aromatic carbocycles. The van der Waals surface area contributed by atoms with Gasteiger partial charge in [0, 0.05) is 18.7 Å². The maximum absolute atomic E-state index is 11.6. The first-order valence-electron chi connectivity index (χ1n) is 6.74. The zero-order chi connectivity index (χ0) is 15.0. The van der Waals surface area contributed by atoms with Crippen molar-refractivity contribution in [2.45, 2.75) is 39.2 Å². The Kier molecular flexibility index (Phi) is 6.73. The molecule has 2 N–H and O–H groups in total. The van der Waals surface area contributed by atoms with Crippen LogP contribution in [-0.4, -0.2) is 29.7 Å². The highest BCUT2D eigenvalue weighted by atomic mass is 16.5. The van der Waals surface area contributed by atoms with Crippen molar-refractivity contribution in [3.63, 3.8) is 0 Å². The molecule has 0 saturated heterocycles. The number of benzene rings is 1. The molecular formula is C15H21NO4. The number of amides is 1. The average molecular weight is 279 g/mol. The van der Waals surface area contributed by atoms with Crippen molar-refractivity contribution in [3.05, 3.63) is 29.8 Å². The summed E-state index contributed by atoms with van der Waals surface area (Å²) in [4.78, 5) is 23.2. The van der Waals surface area contributed by atoms with E-state index in [4.69, 9.17) is 9.84 Å². The van der Waals surface area contributed by atoms with Crippen LogP contribution in [0.4, 0.5) is 5.69 Å². The molecule has 0 aliphatic heterocycles. The van der Waals surface area contributed by atoms with Crippen molar-refractivity contribution >= 4 is 17.6 Å². The second kappa shape index (κ2) is 8.32. The average Bonchev–Trinajstić information content (AvgIpc) is 2.39. The highest BCUT2D eigenvalue weighted by Gasteiger charge is 2.09. The fraction of sp³-hybridized carbons (Fsp3) is 0.467. The minimum atomic E-state index is -0.374. The van der Waals surface area contributed by atoms with Gasteiger partial charge < -0.3 is 15.2 Å². The van der Waals surface area contributed by atoms with Gasteiger partial charge in [-0.15, -0.1) is 0 Å². The number of hydrogen-bond donors (Lipinski definition) is 2. The molecule has 1 amide bonds. The Morgan fingerprint density at radius 3 is 2.40 bits per heavy atom. The predicted octanol–water partition coefficient (Wildman–Crippen LogP) is 2.35. The molecular weight excluding hydrogens is 258 g/mol. The predicted molar refractivity (Wildman–Crippen MR) is 76.6 cm³/mol. The SMILES string of the molecule is CC(C)OC(=O)c1ccc(NC(=O)CCCCO)cc1. The van der Waals surface area contributed by atoms with Crippen molar-refractivity contribution in [1.82, 2.24) is 0 Å². The fourth-order valence-corrected chi connectivity index (χ4v) is 1.59. The van der Waals surface area contributed by atoms with Gasteiger partial charge in [-0.3, -0.25) is 4.79 Å². The number of esters is 1. The van der Waals surface area contributed by atoms with Crippen molar-refractivity contribution in [2.75, 3.05) is 11.9 Å². The summed E-state index contributed by atoms with van der Waals surface area (Å²) in [5.74, 6) is -0.475. The number of anilines is 1. The van der Waals surface area contributed by atoms with E-state index < -0.39 is 0 Å². The highest BCUT2D eigenvalue weighted by molar-refractivity contribution is 5.93. The van der Waals surface area contributed by atoms with Crippen LogP contribution in [0.25, 0.3) is 0 Å². The smallest absolute Gasteiger partial charge is 0.338 e. The normalized spacial score (nSPS) is 10.4. The molecule has 0 unspecified atom stereocenters. The summed E-state index contributed by atoms with van der Waals surface area (Å²) in [6, 6.07) is 6.57. The van der Waals surface area contributed by atoms with Crippen LogP contribution in [0, 0.1) is 0 Å². The summed E-state index contributed by atoms with van der Waals surface area (Å²) in [7, 11) is 0. The largest absolute Gasteiger partial charge is 0.459 e. The van der Waals surface area contributed by atoms with Gasteiger partial charge in [0.05, 0.1) is 11.7 Å². The quantitative estimate of drug-likeness (QED) is 0.593. The summed E-state index contributed by atoms with van der Waals surface area (Å²) < 4.78 is 5.07. The van der Waals surface area contributed by atoms with Gasteiger partial charge in [0.2, 0.25) is 5.91 Å². The lowest BCUT2D eigenvalue weighted by Crippen LogP contribution is -2.13. The third kappa shape index (κ3) is 5.84. The Balaban J connectivity index is 2.50. The number of aliphatic hydroxyl groups excluding tert-OH is 1. The first kappa shape index (κ1) is 16.2. The third-order valence-corrected chi connectivity index (χ3v) is 2.56. The van der Waals surface area contributed by atoms with Gasteiger partial charge in [0.25, 0.3) is 0 Å². The van der Waals surface area contributed by atoms with Crippen LogP contribution < -0.4 is 5.32 Å². The minimum Gasteiger partial charge on any atom is -0.459 e. The molecule has 0 aromatic heterocycles. The number of rotatable bonds is 7. The minimum absolute atomic E-state index is 0.0972. The maximum Gasteiger partial charge on any atom is 0.338 e. The highest BCUT2D eigenvalue weighted by Crippen LogP contribution is 2.12. The molecule has 0 saturated carbocycles. The number of carbonyl (C=O) groups is 2. The Morgan fingerprint density at radius 1 is 1.20 bits per heavy atom. The fourth-order valence-electron chi connectivity index (χ4n) is 1.59. The van der Waals surface area contributed by atoms with Gasteiger partial charge in [0.1, 0.15) is 0 Å². The second-order valence-electron chi connectivity index (χ2n) is 4.76. The number of carbonyl (C=O) groups excluding carboxylic acids is 2. The number of unbranched alkanes of at least 4 members (excludes halogenated alkanes) is 1. The molecule has 1 rings (SSSR count). The Morgan fingerprint density at radius 2 is 1.85 bits per heavy atom. The van der Waals surface area contributed by atoms with Crippen LogP contribution in [0.2, 0.25) is 0 Å². The van der Waals surface area contributed by atoms with E-state index in [9.17, 15) is 9.59 Å². The summed E-state index contributed by atoms with van der Waals surface area (Å²) in [5, 5.41) is 11.4. The van der Waals surface area contributed by atoms with Gasteiger partial charge in [-0.05, 0) is 51.0 Å². The molecule has 0 aliphatic carbocycles. The number of ether oxygens (including phenoxy) is 1. The van der Waals surface area contributed by atoms with E-state index in [1.165, 1.54) is 0 Å². The first-order chi connectivity index (χ1) is 9.52. The summed E-state index contributed by atoms with van der Waals surface area (Å²) in [6.07, 6.45) is 1.49. The standard InChI is InChI=1S/C15H21NO4/c1-11(2)20-15(19)12-6-8-13(9-7-12)16-14(18)5-3-4-10-17/h6-9,11,17H,3-5,10H2,1-2H3,(H,16,18). The van der Waals surface area contributed by atoms with Crippen molar-refractivity contribution in [1.29, 1.82) is 0 Å². The molecule has 0 aliphatic rings. The van der Waals surface area contributed by atoms with Crippen LogP contribution in [0.1, 0.15) is 43.5 Å². The molecule has 0 atom stereocenters. The molecule has 0 heterocycles. The maximum atomic E-state index is 11.6. The van der Waals surface area contributed by atoms with Crippen molar-refractivity contribution in [3.8, 4) is 0 Å². The molecule has 0 bridgehead atoms. The summed E-state index contributed by atoms with van der Waals surface area (Å²) in [6.45, 7) is 3.68. The molecule has 5 nitrogen and oxygen atoms in total.